The van der Waals surface area contributed by atoms with Crippen LogP contribution in [0.3, 0.4) is 0 Å². The highest BCUT2D eigenvalue weighted by molar-refractivity contribution is 5.73. The monoisotopic (exact) mass is 247 g/mol. The van der Waals surface area contributed by atoms with E-state index in [2.05, 4.69) is 5.32 Å². The standard InChI is InChI=1S/C6H12FNO.C2HF3O2/c1-9-6-2-3-8-4-5(6)7;3-2(4,5)1(6)7/h5-6,8H,2-4H2,1H3;(H,6,7)/t5-,6+;/m1./s1. The maximum Gasteiger partial charge on any atom is 0.490 e. The summed E-state index contributed by atoms with van der Waals surface area (Å²) in [4.78, 5) is 8.90. The van der Waals surface area contributed by atoms with Gasteiger partial charge in [-0.25, -0.2) is 9.18 Å². The Morgan fingerprint density at radius 3 is 2.25 bits per heavy atom. The summed E-state index contributed by atoms with van der Waals surface area (Å²) in [6.07, 6.45) is -5.28. The second-order valence-corrected chi connectivity index (χ2v) is 3.09. The molecule has 4 nitrogen and oxygen atoms in total. The second-order valence-electron chi connectivity index (χ2n) is 3.09. The van der Waals surface area contributed by atoms with Gasteiger partial charge >= 0.3 is 12.1 Å². The topological polar surface area (TPSA) is 58.6 Å². The van der Waals surface area contributed by atoms with E-state index in [1.807, 2.05) is 0 Å². The summed E-state index contributed by atoms with van der Waals surface area (Å²) in [5.41, 5.74) is 0. The van der Waals surface area contributed by atoms with Crippen LogP contribution in [0.15, 0.2) is 0 Å². The summed E-state index contributed by atoms with van der Waals surface area (Å²) < 4.78 is 49.3. The van der Waals surface area contributed by atoms with Crippen molar-refractivity contribution >= 4 is 5.97 Å². The number of nitrogens with one attached hydrogen (secondary N) is 1. The number of methoxy groups -OCH3 is 1. The van der Waals surface area contributed by atoms with Gasteiger partial charge in [0.2, 0.25) is 0 Å². The van der Waals surface area contributed by atoms with Crippen molar-refractivity contribution in [2.75, 3.05) is 20.2 Å². The van der Waals surface area contributed by atoms with Crippen molar-refractivity contribution in [1.82, 2.24) is 5.32 Å². The van der Waals surface area contributed by atoms with Crippen molar-refractivity contribution in [3.8, 4) is 0 Å². The fourth-order valence-electron chi connectivity index (χ4n) is 1.06. The van der Waals surface area contributed by atoms with Crippen molar-refractivity contribution in [1.29, 1.82) is 0 Å². The van der Waals surface area contributed by atoms with Crippen LogP contribution >= 0.6 is 0 Å². The molecule has 1 aliphatic rings. The Bertz CT molecular complexity index is 222. The van der Waals surface area contributed by atoms with Crippen molar-refractivity contribution in [3.05, 3.63) is 0 Å². The number of aliphatic carboxylic acids is 1. The molecule has 16 heavy (non-hydrogen) atoms. The highest BCUT2D eigenvalue weighted by atomic mass is 19.4. The quantitative estimate of drug-likeness (QED) is 0.678. The molecule has 1 aliphatic heterocycles. The average molecular weight is 247 g/mol. The number of rotatable bonds is 1. The van der Waals surface area contributed by atoms with Crippen LogP contribution < -0.4 is 5.32 Å². The first-order chi connectivity index (χ1) is 7.29. The molecule has 2 N–H and O–H groups in total. The van der Waals surface area contributed by atoms with Crippen molar-refractivity contribution in [3.63, 3.8) is 0 Å². The minimum atomic E-state index is -5.08. The zero-order chi connectivity index (χ0) is 12.8. The number of piperidine rings is 1. The summed E-state index contributed by atoms with van der Waals surface area (Å²) in [5.74, 6) is -2.76. The van der Waals surface area contributed by atoms with Gasteiger partial charge in [-0.2, -0.15) is 13.2 Å². The molecule has 0 aliphatic carbocycles. The van der Waals surface area contributed by atoms with Gasteiger partial charge in [0, 0.05) is 13.7 Å². The lowest BCUT2D eigenvalue weighted by molar-refractivity contribution is -0.192. The number of halogens is 4. The molecular weight excluding hydrogens is 234 g/mol. The van der Waals surface area contributed by atoms with E-state index in [1.165, 1.54) is 0 Å². The molecule has 1 fully saturated rings. The molecule has 1 rings (SSSR count). The van der Waals surface area contributed by atoms with E-state index in [0.29, 0.717) is 6.54 Å². The predicted octanol–water partition coefficient (Wildman–Crippen LogP) is 0.966. The van der Waals surface area contributed by atoms with Crippen molar-refractivity contribution < 1.29 is 32.2 Å². The maximum atomic E-state index is 12.7. The first-order valence-electron chi connectivity index (χ1n) is 4.46. The fourth-order valence-corrected chi connectivity index (χ4v) is 1.06. The van der Waals surface area contributed by atoms with Crippen molar-refractivity contribution in [2.45, 2.75) is 24.9 Å². The molecule has 0 amide bonds. The van der Waals surface area contributed by atoms with E-state index in [4.69, 9.17) is 14.6 Å². The van der Waals surface area contributed by atoms with E-state index >= 15 is 0 Å². The molecule has 1 heterocycles. The minimum absolute atomic E-state index is 0.175. The average Bonchev–Trinajstić information content (AvgIpc) is 2.18. The summed E-state index contributed by atoms with van der Waals surface area (Å²) in [6, 6.07) is 0. The Kier molecular flexibility index (Phi) is 6.27. The lowest BCUT2D eigenvalue weighted by atomic mass is 10.1. The van der Waals surface area contributed by atoms with Crippen LogP contribution in [-0.4, -0.2) is 49.7 Å². The molecule has 0 radical (unpaired) electrons. The normalized spacial score (nSPS) is 25.6. The van der Waals surface area contributed by atoms with Gasteiger partial charge in [0.15, 0.2) is 0 Å². The van der Waals surface area contributed by atoms with Crippen LogP contribution in [0.25, 0.3) is 0 Å². The molecule has 0 aromatic carbocycles. The molecule has 8 heteroatoms. The van der Waals surface area contributed by atoms with Gasteiger partial charge in [-0.3, -0.25) is 0 Å². The van der Waals surface area contributed by atoms with Crippen LogP contribution in [0.2, 0.25) is 0 Å². The Labute approximate surface area is 89.6 Å². The zero-order valence-electron chi connectivity index (χ0n) is 8.55. The second kappa shape index (κ2) is 6.64. The number of ether oxygens (including phenoxy) is 1. The number of alkyl halides is 4. The number of carbonyl (C=O) groups is 1. The molecule has 96 valence electrons. The smallest absolute Gasteiger partial charge is 0.475 e. The maximum absolute atomic E-state index is 12.7. The highest BCUT2D eigenvalue weighted by Gasteiger charge is 2.38. The third kappa shape index (κ3) is 5.86. The lowest BCUT2D eigenvalue weighted by Gasteiger charge is -2.24. The van der Waals surface area contributed by atoms with Crippen LogP contribution in [-0.2, 0) is 9.53 Å². The Balaban J connectivity index is 0.000000293. The SMILES string of the molecule is CO[C@H]1CCNC[C@H]1F.O=C(O)C(F)(F)F. The number of hydrogen-bond donors (Lipinski definition) is 2. The van der Waals surface area contributed by atoms with Gasteiger partial charge in [0.05, 0.1) is 6.10 Å². The van der Waals surface area contributed by atoms with Crippen molar-refractivity contribution in [2.24, 2.45) is 0 Å². The third-order valence-electron chi connectivity index (χ3n) is 1.89. The summed E-state index contributed by atoms with van der Waals surface area (Å²) in [6.45, 7) is 1.32. The molecular formula is C8H13F4NO3. The van der Waals surface area contributed by atoms with Gasteiger partial charge in [-0.05, 0) is 13.0 Å². The summed E-state index contributed by atoms with van der Waals surface area (Å²) >= 11 is 0. The molecule has 0 aromatic heterocycles. The van der Waals surface area contributed by atoms with Crippen LogP contribution in [0.1, 0.15) is 6.42 Å². The summed E-state index contributed by atoms with van der Waals surface area (Å²) in [7, 11) is 1.56. The predicted molar refractivity (Wildman–Crippen MR) is 46.9 cm³/mol. The Hall–Kier alpha value is -0.890. The van der Waals surface area contributed by atoms with Gasteiger partial charge in [0.1, 0.15) is 6.17 Å². The van der Waals surface area contributed by atoms with E-state index in [-0.39, 0.29) is 6.10 Å². The number of hydrogen-bond acceptors (Lipinski definition) is 3. The summed E-state index contributed by atoms with van der Waals surface area (Å²) in [5, 5.41) is 10.1. The Morgan fingerprint density at radius 1 is 1.50 bits per heavy atom. The largest absolute Gasteiger partial charge is 0.490 e. The lowest BCUT2D eigenvalue weighted by Crippen LogP contribution is -2.42. The van der Waals surface area contributed by atoms with Gasteiger partial charge in [0.25, 0.3) is 0 Å². The van der Waals surface area contributed by atoms with Gasteiger partial charge < -0.3 is 15.2 Å². The number of carboxylic acid groups (broad SMARTS) is 1. The Morgan fingerprint density at radius 2 is 2.00 bits per heavy atom. The third-order valence-corrected chi connectivity index (χ3v) is 1.89. The first-order valence-corrected chi connectivity index (χ1v) is 4.46. The fraction of sp³-hybridized carbons (Fsp3) is 0.875. The zero-order valence-corrected chi connectivity index (χ0v) is 8.55. The number of carboxylic acids is 1. The molecule has 0 bridgehead atoms. The first kappa shape index (κ1) is 15.1. The van der Waals surface area contributed by atoms with E-state index < -0.39 is 18.3 Å². The minimum Gasteiger partial charge on any atom is -0.475 e. The van der Waals surface area contributed by atoms with E-state index in [1.54, 1.807) is 7.11 Å². The van der Waals surface area contributed by atoms with Gasteiger partial charge in [-0.15, -0.1) is 0 Å². The van der Waals surface area contributed by atoms with Crippen LogP contribution in [0, 0.1) is 0 Å². The van der Waals surface area contributed by atoms with Crippen LogP contribution in [0.5, 0.6) is 0 Å². The molecule has 2 atom stereocenters. The van der Waals surface area contributed by atoms with Gasteiger partial charge in [-0.1, -0.05) is 0 Å². The molecule has 0 aromatic rings. The molecule has 0 spiro atoms. The molecule has 0 saturated carbocycles. The van der Waals surface area contributed by atoms with Crippen LogP contribution in [0.4, 0.5) is 17.6 Å². The highest BCUT2D eigenvalue weighted by Crippen LogP contribution is 2.13. The van der Waals surface area contributed by atoms with E-state index in [0.717, 1.165) is 13.0 Å². The molecule has 1 saturated heterocycles. The van der Waals surface area contributed by atoms with E-state index in [9.17, 15) is 17.6 Å². The molecule has 0 unspecified atom stereocenters.